The Bertz CT molecular complexity index is 744. The topological polar surface area (TPSA) is 27.1 Å². The zero-order valence-corrected chi connectivity index (χ0v) is 11.3. The maximum Gasteiger partial charge on any atom is 0.144 e. The van der Waals surface area contributed by atoms with Crippen molar-refractivity contribution in [3.63, 3.8) is 0 Å². The summed E-state index contributed by atoms with van der Waals surface area (Å²) in [7, 11) is 3.74. The van der Waals surface area contributed by atoms with Crippen LogP contribution in [-0.4, -0.2) is 16.7 Å². The van der Waals surface area contributed by atoms with Crippen LogP contribution in [0.15, 0.2) is 42.5 Å². The Morgan fingerprint density at radius 1 is 1.05 bits per heavy atom. The van der Waals surface area contributed by atoms with E-state index >= 15 is 0 Å². The molecule has 0 aliphatic carbocycles. The van der Waals surface area contributed by atoms with Crippen LogP contribution in [0.4, 0.5) is 0 Å². The number of fused-ring (bicyclic) bond motifs is 1. The minimum absolute atomic E-state index is 0.890. The Hall–Kier alpha value is -2.29. The third-order valence-corrected chi connectivity index (χ3v) is 3.44. The van der Waals surface area contributed by atoms with Gasteiger partial charge in [0.2, 0.25) is 0 Å². The molecule has 0 atom stereocenters. The average Bonchev–Trinajstić information content (AvgIpc) is 2.76. The number of imidazole rings is 1. The van der Waals surface area contributed by atoms with Crippen molar-refractivity contribution in [2.75, 3.05) is 7.11 Å². The summed E-state index contributed by atoms with van der Waals surface area (Å²) in [5.74, 6) is 1.82. The predicted octanol–water partition coefficient (Wildman–Crippen LogP) is 3.56. The first-order chi connectivity index (χ1) is 9.22. The van der Waals surface area contributed by atoms with E-state index in [0.717, 1.165) is 33.7 Å². The van der Waals surface area contributed by atoms with Crippen LogP contribution >= 0.6 is 0 Å². The van der Waals surface area contributed by atoms with Crippen molar-refractivity contribution in [1.82, 2.24) is 9.55 Å². The van der Waals surface area contributed by atoms with E-state index in [1.807, 2.05) is 50.4 Å². The molecular weight excluding hydrogens is 236 g/mol. The Morgan fingerprint density at radius 3 is 2.58 bits per heavy atom. The molecule has 0 bridgehead atoms. The maximum atomic E-state index is 5.53. The molecule has 0 N–H and O–H groups in total. The van der Waals surface area contributed by atoms with E-state index in [9.17, 15) is 0 Å². The smallest absolute Gasteiger partial charge is 0.144 e. The van der Waals surface area contributed by atoms with Gasteiger partial charge in [-0.15, -0.1) is 0 Å². The van der Waals surface area contributed by atoms with Gasteiger partial charge in [-0.3, -0.25) is 0 Å². The third kappa shape index (κ3) is 1.78. The van der Waals surface area contributed by atoms with Crippen LogP contribution in [0.25, 0.3) is 22.4 Å². The van der Waals surface area contributed by atoms with Crippen molar-refractivity contribution in [3.8, 4) is 17.1 Å². The molecule has 3 rings (SSSR count). The first kappa shape index (κ1) is 11.8. The molecule has 3 nitrogen and oxygen atoms in total. The molecule has 96 valence electrons. The van der Waals surface area contributed by atoms with Crippen molar-refractivity contribution in [1.29, 1.82) is 0 Å². The van der Waals surface area contributed by atoms with Crippen molar-refractivity contribution in [2.45, 2.75) is 6.92 Å². The van der Waals surface area contributed by atoms with E-state index in [1.54, 1.807) is 7.11 Å². The number of rotatable bonds is 2. The molecule has 1 heterocycles. The number of methoxy groups -OCH3 is 1. The molecule has 0 unspecified atom stereocenters. The summed E-state index contributed by atoms with van der Waals surface area (Å²) in [5, 5.41) is 0. The Labute approximate surface area is 112 Å². The van der Waals surface area contributed by atoms with Gasteiger partial charge in [0, 0.05) is 7.05 Å². The third-order valence-electron chi connectivity index (χ3n) is 3.44. The fourth-order valence-corrected chi connectivity index (χ4v) is 2.49. The van der Waals surface area contributed by atoms with Gasteiger partial charge in [0.25, 0.3) is 0 Å². The lowest BCUT2D eigenvalue weighted by Crippen LogP contribution is -1.97. The highest BCUT2D eigenvalue weighted by Crippen LogP contribution is 2.33. The zero-order chi connectivity index (χ0) is 13.4. The highest BCUT2D eigenvalue weighted by molar-refractivity contribution is 5.82. The van der Waals surface area contributed by atoms with Gasteiger partial charge in [-0.1, -0.05) is 24.3 Å². The molecule has 0 amide bonds. The van der Waals surface area contributed by atoms with Crippen molar-refractivity contribution in [3.05, 3.63) is 48.0 Å². The van der Waals surface area contributed by atoms with Gasteiger partial charge in [0.05, 0.1) is 23.7 Å². The number of benzene rings is 2. The van der Waals surface area contributed by atoms with Crippen LogP contribution < -0.4 is 4.74 Å². The minimum atomic E-state index is 0.890. The van der Waals surface area contributed by atoms with Crippen LogP contribution in [0, 0.1) is 6.92 Å². The number of aryl methyl sites for hydroxylation is 2. The van der Waals surface area contributed by atoms with E-state index in [2.05, 4.69) is 10.6 Å². The molecule has 0 saturated carbocycles. The average molecular weight is 252 g/mol. The largest absolute Gasteiger partial charge is 0.496 e. The summed E-state index contributed by atoms with van der Waals surface area (Å²) in [6.45, 7) is 2.05. The summed E-state index contributed by atoms with van der Waals surface area (Å²) >= 11 is 0. The summed E-state index contributed by atoms with van der Waals surface area (Å²) in [5.41, 5.74) is 4.28. The molecule has 3 aromatic rings. The number of nitrogens with zero attached hydrogens (tertiary/aromatic N) is 2. The van der Waals surface area contributed by atoms with Crippen LogP contribution in [0.3, 0.4) is 0 Å². The first-order valence-corrected chi connectivity index (χ1v) is 6.28. The molecule has 0 aliphatic heterocycles. The van der Waals surface area contributed by atoms with Gasteiger partial charge in [-0.25, -0.2) is 4.98 Å². The molecule has 0 radical (unpaired) electrons. The maximum absolute atomic E-state index is 5.53. The number of hydrogen-bond donors (Lipinski definition) is 0. The normalized spacial score (nSPS) is 10.9. The number of hydrogen-bond acceptors (Lipinski definition) is 2. The quantitative estimate of drug-likeness (QED) is 0.697. The van der Waals surface area contributed by atoms with Crippen LogP contribution in [0.2, 0.25) is 0 Å². The number of para-hydroxylation sites is 3. The highest BCUT2D eigenvalue weighted by atomic mass is 16.5. The van der Waals surface area contributed by atoms with Gasteiger partial charge in [0.1, 0.15) is 11.6 Å². The monoisotopic (exact) mass is 252 g/mol. The molecule has 2 aromatic carbocycles. The zero-order valence-electron chi connectivity index (χ0n) is 11.3. The molecule has 0 spiro atoms. The summed E-state index contributed by atoms with van der Waals surface area (Å²) in [4.78, 5) is 4.72. The second-order valence-corrected chi connectivity index (χ2v) is 4.64. The van der Waals surface area contributed by atoms with Crippen LogP contribution in [0.5, 0.6) is 5.75 Å². The standard InChI is InChI=1S/C16H16N2O/c1-11-7-6-8-12(15(11)19-3)16-17-13-9-4-5-10-14(13)18(16)2/h4-10H,1-3H3. The molecule has 1 aromatic heterocycles. The summed E-state index contributed by atoms with van der Waals surface area (Å²) < 4.78 is 7.63. The van der Waals surface area contributed by atoms with Crippen LogP contribution in [-0.2, 0) is 7.05 Å². The molecule has 19 heavy (non-hydrogen) atoms. The predicted molar refractivity (Wildman–Crippen MR) is 77.4 cm³/mol. The summed E-state index contributed by atoms with van der Waals surface area (Å²) in [6, 6.07) is 14.3. The Kier molecular flexibility index (Phi) is 2.75. The second-order valence-electron chi connectivity index (χ2n) is 4.64. The van der Waals surface area contributed by atoms with E-state index in [-0.39, 0.29) is 0 Å². The van der Waals surface area contributed by atoms with Gasteiger partial charge in [-0.05, 0) is 30.7 Å². The molecule has 3 heteroatoms. The van der Waals surface area contributed by atoms with Crippen molar-refractivity contribution in [2.24, 2.45) is 7.05 Å². The molecular formula is C16H16N2O. The highest BCUT2D eigenvalue weighted by Gasteiger charge is 2.14. The lowest BCUT2D eigenvalue weighted by Gasteiger charge is -2.10. The van der Waals surface area contributed by atoms with Crippen molar-refractivity contribution >= 4 is 11.0 Å². The molecule has 0 saturated heterocycles. The molecule has 0 aliphatic rings. The second kappa shape index (κ2) is 4.43. The number of aromatic nitrogens is 2. The van der Waals surface area contributed by atoms with E-state index < -0.39 is 0 Å². The lowest BCUT2D eigenvalue weighted by molar-refractivity contribution is 0.413. The Morgan fingerprint density at radius 2 is 1.84 bits per heavy atom. The van der Waals surface area contributed by atoms with E-state index in [1.165, 1.54) is 0 Å². The Balaban J connectivity index is 2.31. The fourth-order valence-electron chi connectivity index (χ4n) is 2.49. The first-order valence-electron chi connectivity index (χ1n) is 6.28. The SMILES string of the molecule is COc1c(C)cccc1-c1nc2ccccc2n1C. The molecule has 0 fully saturated rings. The summed E-state index contributed by atoms with van der Waals surface area (Å²) in [6.07, 6.45) is 0. The lowest BCUT2D eigenvalue weighted by atomic mass is 10.1. The van der Waals surface area contributed by atoms with Gasteiger partial charge < -0.3 is 9.30 Å². The van der Waals surface area contributed by atoms with Gasteiger partial charge in [-0.2, -0.15) is 0 Å². The number of ether oxygens (including phenoxy) is 1. The van der Waals surface area contributed by atoms with Crippen LogP contribution in [0.1, 0.15) is 5.56 Å². The van der Waals surface area contributed by atoms with Gasteiger partial charge in [0.15, 0.2) is 0 Å². The minimum Gasteiger partial charge on any atom is -0.496 e. The fraction of sp³-hybridized carbons (Fsp3) is 0.188. The van der Waals surface area contributed by atoms with Gasteiger partial charge >= 0.3 is 0 Å². The van der Waals surface area contributed by atoms with Crippen molar-refractivity contribution < 1.29 is 4.74 Å². The van der Waals surface area contributed by atoms with E-state index in [0.29, 0.717) is 0 Å². The van der Waals surface area contributed by atoms with E-state index in [4.69, 9.17) is 9.72 Å².